The number of anilines is 1. The molecular formula is C14H14ClN5. The van der Waals surface area contributed by atoms with Crippen LogP contribution in [0.2, 0.25) is 5.02 Å². The third-order valence-corrected chi connectivity index (χ3v) is 3.64. The summed E-state index contributed by atoms with van der Waals surface area (Å²) in [7, 11) is 0. The lowest BCUT2D eigenvalue weighted by Crippen LogP contribution is -2.14. The number of nitrogens with zero attached hydrogens (tertiary/aromatic N) is 3. The lowest BCUT2D eigenvalue weighted by atomic mass is 10.1. The summed E-state index contributed by atoms with van der Waals surface area (Å²) in [5, 5.41) is 1.52. The Morgan fingerprint density at radius 2 is 2.10 bits per heavy atom. The van der Waals surface area contributed by atoms with E-state index in [4.69, 9.17) is 23.2 Å². The Morgan fingerprint density at radius 3 is 2.80 bits per heavy atom. The van der Waals surface area contributed by atoms with Gasteiger partial charge in [0.25, 0.3) is 0 Å². The van der Waals surface area contributed by atoms with Crippen LogP contribution in [0.5, 0.6) is 0 Å². The zero-order valence-electron chi connectivity index (χ0n) is 11.0. The van der Waals surface area contributed by atoms with Gasteiger partial charge in [-0.1, -0.05) is 18.5 Å². The number of aryl methyl sites for hydroxylation is 1. The fourth-order valence-corrected chi connectivity index (χ4v) is 2.49. The van der Waals surface area contributed by atoms with Gasteiger partial charge in [-0.05, 0) is 24.3 Å². The Labute approximate surface area is 121 Å². The van der Waals surface area contributed by atoms with Crippen LogP contribution in [0.15, 0.2) is 30.5 Å². The molecule has 0 radical (unpaired) electrons. The van der Waals surface area contributed by atoms with E-state index < -0.39 is 0 Å². The number of benzene rings is 1. The zero-order valence-corrected chi connectivity index (χ0v) is 11.7. The number of rotatable bonds is 2. The Bertz CT molecular complexity index is 794. The van der Waals surface area contributed by atoms with E-state index in [2.05, 4.69) is 9.97 Å². The fraction of sp³-hybridized carbons (Fsp3) is 0.143. The molecule has 0 aliphatic carbocycles. The van der Waals surface area contributed by atoms with Crippen LogP contribution in [0.3, 0.4) is 0 Å². The van der Waals surface area contributed by atoms with Crippen molar-refractivity contribution in [1.82, 2.24) is 14.6 Å². The van der Waals surface area contributed by atoms with E-state index in [0.29, 0.717) is 23.0 Å². The summed E-state index contributed by atoms with van der Waals surface area (Å²) in [6.07, 6.45) is 2.43. The molecule has 0 saturated heterocycles. The molecule has 0 unspecified atom stereocenters. The lowest BCUT2D eigenvalue weighted by molar-refractivity contribution is 0.865. The Morgan fingerprint density at radius 1 is 1.30 bits per heavy atom. The van der Waals surface area contributed by atoms with Crippen molar-refractivity contribution >= 4 is 28.3 Å². The molecule has 3 rings (SSSR count). The van der Waals surface area contributed by atoms with Gasteiger partial charge in [0, 0.05) is 23.6 Å². The van der Waals surface area contributed by atoms with Crippen LogP contribution < -0.4 is 11.6 Å². The van der Waals surface area contributed by atoms with Crippen molar-refractivity contribution in [3.8, 4) is 11.3 Å². The topological polar surface area (TPSA) is 82.8 Å². The smallest absolute Gasteiger partial charge is 0.150 e. The maximum Gasteiger partial charge on any atom is 0.150 e. The molecule has 6 heteroatoms. The molecule has 2 heterocycles. The highest BCUT2D eigenvalue weighted by atomic mass is 35.5. The second kappa shape index (κ2) is 4.68. The number of hydrogen-bond acceptors (Lipinski definition) is 4. The average Bonchev–Trinajstić information content (AvgIpc) is 2.76. The minimum Gasteiger partial charge on any atom is -0.382 e. The van der Waals surface area contributed by atoms with Gasteiger partial charge < -0.3 is 11.6 Å². The Balaban J connectivity index is 2.33. The van der Waals surface area contributed by atoms with E-state index >= 15 is 0 Å². The van der Waals surface area contributed by atoms with E-state index in [1.165, 1.54) is 4.68 Å². The second-order valence-corrected chi connectivity index (χ2v) is 4.89. The molecule has 0 aliphatic heterocycles. The highest BCUT2D eigenvalue weighted by molar-refractivity contribution is 6.35. The molecule has 0 spiro atoms. The summed E-state index contributed by atoms with van der Waals surface area (Å²) < 4.78 is 1.42. The molecule has 0 amide bonds. The van der Waals surface area contributed by atoms with Crippen LogP contribution in [0.25, 0.3) is 22.2 Å². The van der Waals surface area contributed by atoms with Gasteiger partial charge in [0.05, 0.1) is 10.5 Å². The fourth-order valence-electron chi connectivity index (χ4n) is 2.27. The van der Waals surface area contributed by atoms with Crippen molar-refractivity contribution in [3.63, 3.8) is 0 Å². The number of halogens is 1. The molecule has 0 fully saturated rings. The normalized spacial score (nSPS) is 11.1. The van der Waals surface area contributed by atoms with Gasteiger partial charge >= 0.3 is 0 Å². The summed E-state index contributed by atoms with van der Waals surface area (Å²) >= 11 is 6.20. The van der Waals surface area contributed by atoms with Gasteiger partial charge in [-0.2, -0.15) is 0 Å². The number of hydrogen-bond donors (Lipinski definition) is 2. The number of nitrogens with two attached hydrogens (primary N) is 2. The van der Waals surface area contributed by atoms with Gasteiger partial charge in [-0.25, -0.2) is 9.66 Å². The molecular weight excluding hydrogens is 274 g/mol. The van der Waals surface area contributed by atoms with Gasteiger partial charge in [0.15, 0.2) is 5.82 Å². The van der Waals surface area contributed by atoms with Crippen molar-refractivity contribution in [3.05, 3.63) is 41.3 Å². The highest BCUT2D eigenvalue weighted by Crippen LogP contribution is 2.33. The maximum absolute atomic E-state index is 6.20. The van der Waals surface area contributed by atoms with E-state index in [1.807, 2.05) is 31.2 Å². The number of nitrogen functional groups attached to an aromatic ring is 2. The number of fused-ring (bicyclic) bond motifs is 1. The molecule has 0 saturated carbocycles. The third kappa shape index (κ3) is 1.78. The van der Waals surface area contributed by atoms with E-state index in [1.54, 1.807) is 6.20 Å². The van der Waals surface area contributed by atoms with Crippen LogP contribution in [-0.4, -0.2) is 14.6 Å². The first-order valence-corrected chi connectivity index (χ1v) is 6.67. The van der Waals surface area contributed by atoms with Crippen LogP contribution in [0, 0.1) is 0 Å². The minimum atomic E-state index is 0.427. The SMILES string of the molecule is CCc1nc(-c2ccc(Cl)c3cccnc23)c(N)n1N. The highest BCUT2D eigenvalue weighted by Gasteiger charge is 2.17. The quantitative estimate of drug-likeness (QED) is 0.710. The van der Waals surface area contributed by atoms with Crippen molar-refractivity contribution in [2.75, 3.05) is 11.6 Å². The van der Waals surface area contributed by atoms with Gasteiger partial charge in [0.1, 0.15) is 11.5 Å². The molecule has 102 valence electrons. The summed E-state index contributed by atoms with van der Waals surface area (Å²) in [5.74, 6) is 7.07. The minimum absolute atomic E-state index is 0.427. The average molecular weight is 288 g/mol. The van der Waals surface area contributed by atoms with Crippen LogP contribution in [0.1, 0.15) is 12.7 Å². The Kier molecular flexibility index (Phi) is 2.99. The van der Waals surface area contributed by atoms with Crippen molar-refractivity contribution in [2.24, 2.45) is 0 Å². The van der Waals surface area contributed by atoms with Crippen molar-refractivity contribution in [2.45, 2.75) is 13.3 Å². The molecule has 1 aromatic carbocycles. The standard InChI is InChI=1S/C14H14ClN5/c1-2-11-19-13(14(16)20(11)17)9-5-6-10(15)8-4-3-7-18-12(8)9/h3-7H,2,16-17H2,1H3. The zero-order chi connectivity index (χ0) is 14.3. The van der Waals surface area contributed by atoms with Crippen LogP contribution in [-0.2, 0) is 6.42 Å². The summed E-state index contributed by atoms with van der Waals surface area (Å²) in [5.41, 5.74) is 8.30. The van der Waals surface area contributed by atoms with Gasteiger partial charge in [-0.15, -0.1) is 0 Å². The van der Waals surface area contributed by atoms with Gasteiger partial charge in [-0.3, -0.25) is 4.98 Å². The second-order valence-electron chi connectivity index (χ2n) is 4.48. The first-order valence-electron chi connectivity index (χ1n) is 6.29. The van der Waals surface area contributed by atoms with Gasteiger partial charge in [0.2, 0.25) is 0 Å². The monoisotopic (exact) mass is 287 g/mol. The molecule has 20 heavy (non-hydrogen) atoms. The van der Waals surface area contributed by atoms with E-state index in [-0.39, 0.29) is 0 Å². The van der Waals surface area contributed by atoms with E-state index in [0.717, 1.165) is 22.3 Å². The summed E-state index contributed by atoms with van der Waals surface area (Å²) in [6.45, 7) is 1.98. The maximum atomic E-state index is 6.20. The van der Waals surface area contributed by atoms with E-state index in [9.17, 15) is 0 Å². The lowest BCUT2D eigenvalue weighted by Gasteiger charge is -2.06. The predicted octanol–water partition coefficient (Wildman–Crippen LogP) is 2.61. The molecule has 3 aromatic rings. The van der Waals surface area contributed by atoms with Crippen molar-refractivity contribution in [1.29, 1.82) is 0 Å². The first kappa shape index (κ1) is 12.7. The third-order valence-electron chi connectivity index (χ3n) is 3.31. The first-order chi connectivity index (χ1) is 9.63. The summed E-state index contributed by atoms with van der Waals surface area (Å²) in [4.78, 5) is 8.90. The molecule has 0 aliphatic rings. The number of pyridine rings is 1. The molecule has 5 nitrogen and oxygen atoms in total. The van der Waals surface area contributed by atoms with Crippen LogP contribution in [0.4, 0.5) is 5.82 Å². The molecule has 4 N–H and O–H groups in total. The van der Waals surface area contributed by atoms with Crippen LogP contribution >= 0.6 is 11.6 Å². The van der Waals surface area contributed by atoms with Crippen molar-refractivity contribution < 1.29 is 0 Å². The number of imidazole rings is 1. The predicted molar refractivity (Wildman–Crippen MR) is 81.9 cm³/mol. The largest absolute Gasteiger partial charge is 0.382 e. The Hall–Kier alpha value is -2.27. The number of aromatic nitrogens is 3. The molecule has 2 aromatic heterocycles. The summed E-state index contributed by atoms with van der Waals surface area (Å²) in [6, 6.07) is 7.46. The molecule has 0 bridgehead atoms. The molecule has 0 atom stereocenters.